The summed E-state index contributed by atoms with van der Waals surface area (Å²) in [4.78, 5) is 2.43. The van der Waals surface area contributed by atoms with Crippen molar-refractivity contribution >= 4 is 60.9 Å². The zero-order valence-electron chi connectivity index (χ0n) is 33.1. The minimum atomic E-state index is -4.06. The summed E-state index contributed by atoms with van der Waals surface area (Å²) in [5, 5.41) is 12.6. The van der Waals surface area contributed by atoms with Gasteiger partial charge in [0.15, 0.2) is 5.71 Å². The first-order valence-electron chi connectivity index (χ1n) is 19.3. The standard InChI is InChI=1S/C43H50ClN3O8S3/c1-42(2)35-13-5-7-15-37(35)46(27-9-11-29-56-55-54-48)39(42)25-19-31-17-18-32(41(31)45-58(52,53)34-23-21-33(44)22-24-34)20-26-40-43(3,4)36-14-6-8-16-38(36)47(40)28-10-12-30-57(49,50)51/h5-8,13-16,19-26H,9-12,17-18,27-30H2,1-4H3,(H2,48,49,50,51)/p+1. The number of halogens is 1. The molecule has 58 heavy (non-hydrogen) atoms. The van der Waals surface area contributed by atoms with E-state index < -0.39 is 25.6 Å². The number of fused-ring (bicyclic) bond motifs is 2. The van der Waals surface area contributed by atoms with Gasteiger partial charge in [0, 0.05) is 70.3 Å². The smallest absolute Gasteiger partial charge is 0.264 e. The molecule has 11 nitrogen and oxygen atoms in total. The lowest BCUT2D eigenvalue weighted by Gasteiger charge is -2.27. The van der Waals surface area contributed by atoms with Gasteiger partial charge >= 0.3 is 0 Å². The van der Waals surface area contributed by atoms with E-state index in [0.29, 0.717) is 48.7 Å². The summed E-state index contributed by atoms with van der Waals surface area (Å²) in [6.45, 7) is 10.00. The molecular weight excluding hydrogens is 818 g/mol. The number of sulfonamides is 1. The zero-order chi connectivity index (χ0) is 41.7. The summed E-state index contributed by atoms with van der Waals surface area (Å²) in [5.41, 5.74) is 8.11. The van der Waals surface area contributed by atoms with Crippen LogP contribution in [-0.4, -0.2) is 61.5 Å². The first-order valence-corrected chi connectivity index (χ1v) is 23.7. The zero-order valence-corrected chi connectivity index (χ0v) is 36.4. The van der Waals surface area contributed by atoms with Crippen molar-refractivity contribution in [2.75, 3.05) is 29.5 Å². The summed E-state index contributed by atoms with van der Waals surface area (Å²) in [7, 11) is -8.07. The van der Waals surface area contributed by atoms with E-state index in [-0.39, 0.29) is 16.1 Å². The summed E-state index contributed by atoms with van der Waals surface area (Å²) in [6, 6.07) is 22.6. The fourth-order valence-corrected chi connectivity index (χ4v) is 10.4. The SMILES string of the molecule is CC1(C)C(=CC=C2CCC(C=CC3=[N+](CCCCS(=O)(=O)O)c4ccccc4C3(C)C)=C2NS(=O)(=O)c2ccc(Cl)cc2)N(CCCCSOOO)c2ccccc21. The monoisotopic (exact) mass is 868 g/mol. The number of benzene rings is 3. The highest BCUT2D eigenvalue weighted by Crippen LogP contribution is 2.48. The van der Waals surface area contributed by atoms with Gasteiger partial charge in [-0.3, -0.25) is 9.27 Å². The van der Waals surface area contributed by atoms with Crippen LogP contribution in [0.5, 0.6) is 0 Å². The molecule has 1 aliphatic carbocycles. The van der Waals surface area contributed by atoms with Gasteiger partial charge in [-0.1, -0.05) is 79.0 Å². The third-order valence-electron chi connectivity index (χ3n) is 11.1. The van der Waals surface area contributed by atoms with Crippen LogP contribution in [0, 0.1) is 0 Å². The minimum Gasteiger partial charge on any atom is -0.344 e. The lowest BCUT2D eigenvalue weighted by molar-refractivity contribution is -0.438. The predicted octanol–water partition coefficient (Wildman–Crippen LogP) is 9.42. The highest BCUT2D eigenvalue weighted by atomic mass is 35.5. The van der Waals surface area contributed by atoms with Gasteiger partial charge in [-0.15, -0.1) is 4.33 Å². The quantitative estimate of drug-likeness (QED) is 0.0282. The Balaban J connectivity index is 1.39. The van der Waals surface area contributed by atoms with Gasteiger partial charge in [0.25, 0.3) is 20.1 Å². The van der Waals surface area contributed by atoms with Crippen molar-refractivity contribution in [1.29, 1.82) is 0 Å². The number of allylic oxidation sites excluding steroid dienone is 7. The molecule has 0 radical (unpaired) electrons. The maximum atomic E-state index is 14.0. The van der Waals surface area contributed by atoms with Gasteiger partial charge in [-0.05, 0) is 99.1 Å². The molecule has 0 spiro atoms. The summed E-state index contributed by atoms with van der Waals surface area (Å²) in [5.74, 6) is 0.345. The van der Waals surface area contributed by atoms with E-state index in [1.54, 1.807) is 12.1 Å². The maximum Gasteiger partial charge on any atom is 0.264 e. The third kappa shape index (κ3) is 9.82. The van der Waals surface area contributed by atoms with E-state index in [9.17, 15) is 21.4 Å². The third-order valence-corrected chi connectivity index (χ3v) is 14.2. The van der Waals surface area contributed by atoms with Gasteiger partial charge in [0.05, 0.1) is 21.8 Å². The average Bonchev–Trinajstić information content (AvgIpc) is 3.73. The molecular formula is C43H51ClN3O8S3+. The highest BCUT2D eigenvalue weighted by molar-refractivity contribution is 7.94. The number of unbranched alkanes of at least 4 members (excludes halogenated alkanes) is 2. The number of hydrogen-bond donors (Lipinski definition) is 3. The maximum absolute atomic E-state index is 14.0. The molecule has 0 bridgehead atoms. The second-order valence-corrected chi connectivity index (χ2v) is 20.1. The number of nitrogens with zero attached hydrogens (tertiary/aromatic N) is 2. The van der Waals surface area contributed by atoms with Crippen LogP contribution < -0.4 is 9.62 Å². The van der Waals surface area contributed by atoms with Gasteiger partial charge in [0.1, 0.15) is 6.54 Å². The topological polar surface area (TPSA) is 145 Å². The summed E-state index contributed by atoms with van der Waals surface area (Å²) in [6.07, 6.45) is 12.0. The Labute approximate surface area is 351 Å². The van der Waals surface area contributed by atoms with E-state index in [2.05, 4.69) is 87.7 Å². The normalized spacial score (nSPS) is 18.9. The van der Waals surface area contributed by atoms with Crippen molar-refractivity contribution in [2.24, 2.45) is 0 Å². The summed E-state index contributed by atoms with van der Waals surface area (Å²) >= 11 is 7.17. The second-order valence-electron chi connectivity index (χ2n) is 15.7. The van der Waals surface area contributed by atoms with Crippen LogP contribution in [0.4, 0.5) is 11.4 Å². The molecule has 0 fully saturated rings. The first-order chi connectivity index (χ1) is 27.5. The Morgan fingerprint density at radius 2 is 1.57 bits per heavy atom. The predicted molar refractivity (Wildman–Crippen MR) is 232 cm³/mol. The lowest BCUT2D eigenvalue weighted by atomic mass is 9.81. The van der Waals surface area contributed by atoms with E-state index in [0.717, 1.165) is 70.9 Å². The fourth-order valence-electron chi connectivity index (χ4n) is 8.16. The Hall–Kier alpha value is -3.73. The van der Waals surface area contributed by atoms with Crippen molar-refractivity contribution in [3.8, 4) is 0 Å². The van der Waals surface area contributed by atoms with Crippen LogP contribution in [0.2, 0.25) is 5.02 Å². The van der Waals surface area contributed by atoms with Crippen LogP contribution in [0.3, 0.4) is 0 Å². The largest absolute Gasteiger partial charge is 0.344 e. The molecule has 3 N–H and O–H groups in total. The van der Waals surface area contributed by atoms with Crippen LogP contribution >= 0.6 is 23.6 Å². The second kappa shape index (κ2) is 18.3. The molecule has 6 rings (SSSR count). The van der Waals surface area contributed by atoms with Crippen LogP contribution in [0.1, 0.15) is 77.3 Å². The minimum absolute atomic E-state index is 0.0998. The molecule has 0 aromatic heterocycles. The van der Waals surface area contributed by atoms with E-state index in [4.69, 9.17) is 16.9 Å². The molecule has 0 unspecified atom stereocenters. The fraction of sp³-hybridized carbons (Fsp3) is 0.372. The first kappa shape index (κ1) is 43.8. The Morgan fingerprint density at radius 3 is 2.29 bits per heavy atom. The summed E-state index contributed by atoms with van der Waals surface area (Å²) < 4.78 is 69.9. The van der Waals surface area contributed by atoms with Crippen molar-refractivity contribution in [3.63, 3.8) is 0 Å². The van der Waals surface area contributed by atoms with E-state index in [1.807, 2.05) is 36.4 Å². The molecule has 15 heteroatoms. The molecule has 0 saturated carbocycles. The molecule has 2 aliphatic heterocycles. The molecule has 2 heterocycles. The average molecular weight is 870 g/mol. The van der Waals surface area contributed by atoms with Gasteiger partial charge in [-0.2, -0.15) is 13.0 Å². The highest BCUT2D eigenvalue weighted by Gasteiger charge is 2.44. The molecule has 0 atom stereocenters. The van der Waals surface area contributed by atoms with Gasteiger partial charge in [0.2, 0.25) is 5.69 Å². The Morgan fingerprint density at radius 1 is 0.862 bits per heavy atom. The van der Waals surface area contributed by atoms with Crippen molar-refractivity contribution in [2.45, 2.75) is 81.9 Å². The number of para-hydroxylation sites is 2. The molecule has 0 amide bonds. The molecule has 0 saturated heterocycles. The number of rotatable bonds is 18. The van der Waals surface area contributed by atoms with Crippen molar-refractivity contribution < 1.29 is 40.6 Å². The molecule has 3 aliphatic rings. The van der Waals surface area contributed by atoms with Crippen LogP contribution in [0.15, 0.2) is 125 Å². The molecule has 3 aromatic carbocycles. The van der Waals surface area contributed by atoms with Crippen LogP contribution in [-0.2, 0) is 40.3 Å². The van der Waals surface area contributed by atoms with E-state index >= 15 is 0 Å². The van der Waals surface area contributed by atoms with Crippen molar-refractivity contribution in [1.82, 2.24) is 4.72 Å². The molecule has 3 aromatic rings. The Kier molecular flexibility index (Phi) is 13.8. The number of nitrogens with one attached hydrogen (secondary N) is 1. The Bertz CT molecular complexity index is 2390. The number of anilines is 1. The number of hydrogen-bond acceptors (Lipinski definition) is 9. The van der Waals surface area contributed by atoms with Gasteiger partial charge in [-0.25, -0.2) is 13.7 Å². The molecule has 310 valence electrons. The van der Waals surface area contributed by atoms with E-state index in [1.165, 1.54) is 17.7 Å². The lowest BCUT2D eigenvalue weighted by Crippen LogP contribution is -2.28. The van der Waals surface area contributed by atoms with Crippen LogP contribution in [0.25, 0.3) is 0 Å². The van der Waals surface area contributed by atoms with Gasteiger partial charge < -0.3 is 4.90 Å². The van der Waals surface area contributed by atoms with Crippen molar-refractivity contribution in [3.05, 3.63) is 136 Å².